The summed E-state index contributed by atoms with van der Waals surface area (Å²) in [5.41, 5.74) is 0. The maximum absolute atomic E-state index is 9.86. The Morgan fingerprint density at radius 1 is 1.44 bits per heavy atom. The Balaban J connectivity index is 0. The van der Waals surface area contributed by atoms with E-state index in [1.165, 1.54) is 0 Å². The van der Waals surface area contributed by atoms with Crippen molar-refractivity contribution in [3.05, 3.63) is 0 Å². The van der Waals surface area contributed by atoms with Crippen molar-refractivity contribution >= 4 is 56.5 Å². The van der Waals surface area contributed by atoms with E-state index >= 15 is 0 Å². The van der Waals surface area contributed by atoms with Gasteiger partial charge >= 0.3 is 48.9 Å². The van der Waals surface area contributed by atoms with Crippen molar-refractivity contribution < 1.29 is 14.4 Å². The molecule has 0 atom stereocenters. The van der Waals surface area contributed by atoms with Gasteiger partial charge in [0.25, 0.3) is 0 Å². The Morgan fingerprint density at radius 3 is 2.00 bits per heavy atom. The summed E-state index contributed by atoms with van der Waals surface area (Å²) in [5.74, 6) is 0. The van der Waals surface area contributed by atoms with Gasteiger partial charge in [0.2, 0.25) is 0 Å². The minimum atomic E-state index is -4.18. The van der Waals surface area contributed by atoms with Crippen molar-refractivity contribution in [1.82, 2.24) is 0 Å². The fourth-order valence-electron chi connectivity index (χ4n) is 0.352. The second kappa shape index (κ2) is 6.43. The van der Waals surface area contributed by atoms with Crippen molar-refractivity contribution in [2.45, 2.75) is 19.8 Å². The van der Waals surface area contributed by atoms with Crippen LogP contribution >= 0.6 is 7.60 Å². The molecule has 0 radical (unpaired) electrons. The maximum Gasteiger partial charge on any atom is 2.00 e. The summed E-state index contributed by atoms with van der Waals surface area (Å²) in [5, 5.41) is 0. The molecule has 0 fully saturated rings. The summed E-state index contributed by atoms with van der Waals surface area (Å²) in [6.45, 7) is 1.84. The molecule has 0 aliphatic heterocycles. The molecule has 0 saturated heterocycles. The van der Waals surface area contributed by atoms with Crippen molar-refractivity contribution in [2.75, 3.05) is 6.16 Å². The Morgan fingerprint density at radius 2 is 1.89 bits per heavy atom. The van der Waals surface area contributed by atoms with E-state index < -0.39 is 7.60 Å². The molecule has 0 aliphatic rings. The van der Waals surface area contributed by atoms with E-state index in [-0.39, 0.29) is 55.0 Å². The van der Waals surface area contributed by atoms with Crippen LogP contribution in [0.4, 0.5) is 0 Å². The van der Waals surface area contributed by atoms with Gasteiger partial charge in [-0.15, -0.1) is 0 Å². The number of hydrogen-bond donors (Lipinski definition) is 0. The van der Waals surface area contributed by atoms with Crippen molar-refractivity contribution in [1.29, 1.82) is 0 Å². The molecule has 0 unspecified atom stereocenters. The molecule has 0 spiro atoms. The molecule has 0 bridgehead atoms. The molecule has 0 saturated carbocycles. The summed E-state index contributed by atoms with van der Waals surface area (Å²) >= 11 is 0. The van der Waals surface area contributed by atoms with E-state index in [2.05, 4.69) is 0 Å². The molecule has 0 heterocycles. The zero-order valence-electron chi connectivity index (χ0n) is 5.50. The molecule has 50 valence electrons. The van der Waals surface area contributed by atoms with E-state index in [1.807, 2.05) is 6.92 Å². The standard InChI is InChI=1S/C4H11O3P.Ba/c1-2-3-4-8(5,6)7;/h2-4H2,1H3,(H2,5,6,7);/q;+2/p-2. The molecule has 0 N–H and O–H groups in total. The average Bonchev–Trinajstić information content (AvgIpc) is 1.59. The van der Waals surface area contributed by atoms with Gasteiger partial charge in [-0.25, -0.2) is 0 Å². The van der Waals surface area contributed by atoms with Crippen LogP contribution in [0.25, 0.3) is 0 Å². The van der Waals surface area contributed by atoms with E-state index in [0.29, 0.717) is 6.42 Å². The molecule has 0 aliphatic carbocycles. The largest absolute Gasteiger partial charge is 2.00 e. The van der Waals surface area contributed by atoms with Gasteiger partial charge in [-0.2, -0.15) is 0 Å². The molecule has 0 rings (SSSR count). The van der Waals surface area contributed by atoms with Crippen LogP contribution < -0.4 is 9.79 Å². The van der Waals surface area contributed by atoms with Crippen LogP contribution in [0.15, 0.2) is 0 Å². The molecule has 0 aromatic rings. The quantitative estimate of drug-likeness (QED) is 0.505. The predicted octanol–water partition coefficient (Wildman–Crippen LogP) is -0.681. The monoisotopic (exact) mass is 274 g/mol. The summed E-state index contributed by atoms with van der Waals surface area (Å²) in [6.07, 6.45) is 1.06. The van der Waals surface area contributed by atoms with Crippen LogP contribution in [0, 0.1) is 0 Å². The Hall–Kier alpha value is 1.72. The predicted molar refractivity (Wildman–Crippen MR) is 33.1 cm³/mol. The second-order valence-corrected chi connectivity index (χ2v) is 3.36. The fourth-order valence-corrected chi connectivity index (χ4v) is 1.06. The Labute approximate surface area is 95.5 Å². The van der Waals surface area contributed by atoms with E-state index in [4.69, 9.17) is 0 Å². The van der Waals surface area contributed by atoms with Crippen LogP contribution in [0.1, 0.15) is 19.8 Å². The first-order chi connectivity index (χ1) is 3.56. The van der Waals surface area contributed by atoms with Crippen LogP contribution in [0.3, 0.4) is 0 Å². The molecular formula is C4H9BaO3P. The molecule has 0 aromatic carbocycles. The molecule has 0 aromatic heterocycles. The van der Waals surface area contributed by atoms with Crippen molar-refractivity contribution in [2.24, 2.45) is 0 Å². The number of rotatable bonds is 3. The number of unbranched alkanes of at least 4 members (excludes halogenated alkanes) is 1. The summed E-state index contributed by atoms with van der Waals surface area (Å²) in [4.78, 5) is 19.7. The second-order valence-electron chi connectivity index (χ2n) is 1.69. The average molecular weight is 273 g/mol. The molecule has 9 heavy (non-hydrogen) atoms. The first-order valence-corrected chi connectivity index (χ1v) is 4.30. The Kier molecular flexibility index (Phi) is 9.52. The SMILES string of the molecule is CCCCP(=O)([O-])[O-].[Ba+2]. The van der Waals surface area contributed by atoms with Crippen molar-refractivity contribution in [3.63, 3.8) is 0 Å². The van der Waals surface area contributed by atoms with Crippen LogP contribution in [0.2, 0.25) is 0 Å². The molecule has 3 nitrogen and oxygen atoms in total. The maximum atomic E-state index is 9.86. The van der Waals surface area contributed by atoms with Gasteiger partial charge in [-0.05, 0) is 12.6 Å². The van der Waals surface area contributed by atoms with E-state index in [1.54, 1.807) is 0 Å². The zero-order valence-corrected chi connectivity index (χ0v) is 10.8. The van der Waals surface area contributed by atoms with Crippen LogP contribution in [-0.2, 0) is 4.57 Å². The van der Waals surface area contributed by atoms with Gasteiger partial charge in [0.15, 0.2) is 0 Å². The third-order valence-electron chi connectivity index (χ3n) is 0.786. The summed E-state index contributed by atoms with van der Waals surface area (Å²) < 4.78 is 9.86. The first-order valence-electron chi connectivity index (χ1n) is 2.57. The van der Waals surface area contributed by atoms with E-state index in [9.17, 15) is 14.4 Å². The summed E-state index contributed by atoms with van der Waals surface area (Å²) in [6, 6.07) is 0. The third kappa shape index (κ3) is 12.8. The van der Waals surface area contributed by atoms with Gasteiger partial charge in [-0.3, -0.25) is 0 Å². The molecule has 0 amide bonds. The van der Waals surface area contributed by atoms with Crippen LogP contribution in [-0.4, -0.2) is 55.0 Å². The topological polar surface area (TPSA) is 63.2 Å². The fraction of sp³-hybridized carbons (Fsp3) is 1.00. The van der Waals surface area contributed by atoms with E-state index in [0.717, 1.165) is 6.42 Å². The van der Waals surface area contributed by atoms with Gasteiger partial charge < -0.3 is 14.4 Å². The van der Waals surface area contributed by atoms with Gasteiger partial charge in [0, 0.05) is 0 Å². The van der Waals surface area contributed by atoms with Gasteiger partial charge in [0.05, 0.1) is 0 Å². The smallest absolute Gasteiger partial charge is 0.811 e. The minimum absolute atomic E-state index is 0. The molecule has 5 heteroatoms. The van der Waals surface area contributed by atoms with Crippen molar-refractivity contribution in [3.8, 4) is 0 Å². The minimum Gasteiger partial charge on any atom is -0.811 e. The first kappa shape index (κ1) is 13.3. The third-order valence-corrected chi connectivity index (χ3v) is 1.65. The van der Waals surface area contributed by atoms with Gasteiger partial charge in [0.1, 0.15) is 0 Å². The summed E-state index contributed by atoms with van der Waals surface area (Å²) in [7, 11) is -4.18. The van der Waals surface area contributed by atoms with Gasteiger partial charge in [-0.1, -0.05) is 20.9 Å². The Bertz CT molecular complexity index is 100.0. The van der Waals surface area contributed by atoms with Crippen LogP contribution in [0.5, 0.6) is 0 Å². The normalized spacial score (nSPS) is 10.6. The number of hydrogen-bond acceptors (Lipinski definition) is 3. The molecular weight excluding hydrogens is 264 g/mol. The zero-order chi connectivity index (χ0) is 6.62.